The van der Waals surface area contributed by atoms with E-state index < -0.39 is 0 Å². The van der Waals surface area contributed by atoms with Crippen LogP contribution in [0.4, 0.5) is 0 Å². The van der Waals surface area contributed by atoms with E-state index >= 15 is 0 Å². The molecule has 0 heterocycles. The molecule has 2 atom stereocenters. The molecule has 0 saturated heterocycles. The Morgan fingerprint density at radius 3 is 2.71 bits per heavy atom. The van der Waals surface area contributed by atoms with E-state index in [9.17, 15) is 5.11 Å². The van der Waals surface area contributed by atoms with Crippen LogP contribution in [0.1, 0.15) is 30.7 Å². The zero-order valence-electron chi connectivity index (χ0n) is 8.26. The van der Waals surface area contributed by atoms with Crippen LogP contribution in [-0.4, -0.2) is 11.2 Å². The maximum absolute atomic E-state index is 9.63. The number of hydrogen-bond donors (Lipinski definition) is 1. The molecule has 2 rings (SSSR count). The van der Waals surface area contributed by atoms with Crippen LogP contribution >= 0.6 is 0 Å². The summed E-state index contributed by atoms with van der Waals surface area (Å²) in [7, 11) is 0. The molecule has 0 bridgehead atoms. The molecule has 1 aliphatic carbocycles. The SMILES string of the molecule is O[C@@H]1C=CCC[C@H](c2ccccc2)C1. The summed E-state index contributed by atoms with van der Waals surface area (Å²) >= 11 is 0. The normalized spacial score (nSPS) is 27.2. The average Bonchev–Trinajstić information content (AvgIpc) is 2.44. The smallest absolute Gasteiger partial charge is 0.0726 e. The third-order valence-corrected chi connectivity index (χ3v) is 2.84. The summed E-state index contributed by atoms with van der Waals surface area (Å²) < 4.78 is 0. The van der Waals surface area contributed by atoms with Gasteiger partial charge in [0.25, 0.3) is 0 Å². The van der Waals surface area contributed by atoms with Crippen molar-refractivity contribution >= 4 is 0 Å². The topological polar surface area (TPSA) is 20.2 Å². The molecule has 14 heavy (non-hydrogen) atoms. The summed E-state index contributed by atoms with van der Waals surface area (Å²) in [4.78, 5) is 0. The van der Waals surface area contributed by atoms with Gasteiger partial charge in [0, 0.05) is 0 Å². The fraction of sp³-hybridized carbons (Fsp3) is 0.385. The van der Waals surface area contributed by atoms with E-state index in [0.29, 0.717) is 5.92 Å². The second-order valence-electron chi connectivity index (χ2n) is 3.92. The third kappa shape index (κ3) is 2.24. The van der Waals surface area contributed by atoms with Gasteiger partial charge in [0.2, 0.25) is 0 Å². The van der Waals surface area contributed by atoms with Crippen LogP contribution < -0.4 is 0 Å². The van der Waals surface area contributed by atoms with Gasteiger partial charge in [0.05, 0.1) is 6.10 Å². The Bertz CT molecular complexity index is 302. The van der Waals surface area contributed by atoms with Crippen LogP contribution in [0.3, 0.4) is 0 Å². The van der Waals surface area contributed by atoms with E-state index in [1.807, 2.05) is 12.1 Å². The maximum atomic E-state index is 9.63. The van der Waals surface area contributed by atoms with E-state index in [1.54, 1.807) is 0 Å². The molecule has 1 aromatic carbocycles. The van der Waals surface area contributed by atoms with Crippen LogP contribution in [0.25, 0.3) is 0 Å². The van der Waals surface area contributed by atoms with Crippen LogP contribution in [0.15, 0.2) is 42.5 Å². The van der Waals surface area contributed by atoms with Crippen LogP contribution in [0.5, 0.6) is 0 Å². The van der Waals surface area contributed by atoms with Crippen molar-refractivity contribution in [1.29, 1.82) is 0 Å². The second-order valence-corrected chi connectivity index (χ2v) is 3.92. The minimum absolute atomic E-state index is 0.261. The van der Waals surface area contributed by atoms with Crippen LogP contribution in [-0.2, 0) is 0 Å². The van der Waals surface area contributed by atoms with Crippen molar-refractivity contribution in [1.82, 2.24) is 0 Å². The van der Waals surface area contributed by atoms with Crippen molar-refractivity contribution in [2.75, 3.05) is 0 Å². The Balaban J connectivity index is 2.12. The predicted molar refractivity (Wildman–Crippen MR) is 58.2 cm³/mol. The van der Waals surface area contributed by atoms with Gasteiger partial charge in [-0.3, -0.25) is 0 Å². The van der Waals surface area contributed by atoms with Crippen molar-refractivity contribution in [2.24, 2.45) is 0 Å². The highest BCUT2D eigenvalue weighted by Gasteiger charge is 2.16. The van der Waals surface area contributed by atoms with Crippen molar-refractivity contribution in [2.45, 2.75) is 31.3 Å². The number of aliphatic hydroxyl groups excluding tert-OH is 1. The first-order valence-corrected chi connectivity index (χ1v) is 5.26. The van der Waals surface area contributed by atoms with Crippen molar-refractivity contribution in [3.8, 4) is 0 Å². The van der Waals surface area contributed by atoms with Gasteiger partial charge in [0.1, 0.15) is 0 Å². The molecule has 0 fully saturated rings. The molecule has 0 spiro atoms. The summed E-state index contributed by atoms with van der Waals surface area (Å²) in [5, 5.41) is 9.63. The molecule has 1 nitrogen and oxygen atoms in total. The lowest BCUT2D eigenvalue weighted by molar-refractivity contribution is 0.203. The fourth-order valence-corrected chi connectivity index (χ4v) is 2.07. The molecular weight excluding hydrogens is 172 g/mol. The van der Waals surface area contributed by atoms with Gasteiger partial charge in [-0.1, -0.05) is 42.5 Å². The van der Waals surface area contributed by atoms with Gasteiger partial charge >= 0.3 is 0 Å². The van der Waals surface area contributed by atoms with Gasteiger partial charge in [-0.2, -0.15) is 0 Å². The standard InChI is InChI=1S/C13H16O/c14-13-9-5-4-8-12(10-13)11-6-2-1-3-7-11/h1-3,5-7,9,12-14H,4,8,10H2/t12-,13+/m0/s1. The molecule has 1 heteroatoms. The number of hydrogen-bond acceptors (Lipinski definition) is 1. The molecule has 0 saturated carbocycles. The lowest BCUT2D eigenvalue weighted by Crippen LogP contribution is -2.07. The second kappa shape index (κ2) is 4.43. The molecule has 1 aliphatic rings. The summed E-state index contributed by atoms with van der Waals surface area (Å²) in [6, 6.07) is 10.5. The van der Waals surface area contributed by atoms with Crippen LogP contribution in [0, 0.1) is 0 Å². The Hall–Kier alpha value is -1.08. The van der Waals surface area contributed by atoms with Gasteiger partial charge in [-0.25, -0.2) is 0 Å². The first-order chi connectivity index (χ1) is 6.86. The number of rotatable bonds is 1. The molecule has 0 aromatic heterocycles. The Kier molecular flexibility index (Phi) is 3.00. The zero-order chi connectivity index (χ0) is 9.80. The Morgan fingerprint density at radius 1 is 1.14 bits per heavy atom. The first kappa shape index (κ1) is 9.47. The maximum Gasteiger partial charge on any atom is 0.0726 e. The fourth-order valence-electron chi connectivity index (χ4n) is 2.07. The monoisotopic (exact) mass is 188 g/mol. The summed E-state index contributed by atoms with van der Waals surface area (Å²) in [6.07, 6.45) is 6.84. The molecule has 1 N–H and O–H groups in total. The quantitative estimate of drug-likeness (QED) is 0.672. The molecule has 0 amide bonds. The van der Waals surface area contributed by atoms with Crippen molar-refractivity contribution in [3.05, 3.63) is 48.0 Å². The summed E-state index contributed by atoms with van der Waals surface area (Å²) in [6.45, 7) is 0. The van der Waals surface area contributed by atoms with E-state index in [4.69, 9.17) is 0 Å². The van der Waals surface area contributed by atoms with Gasteiger partial charge in [-0.15, -0.1) is 0 Å². The highest BCUT2D eigenvalue weighted by molar-refractivity contribution is 5.20. The molecule has 0 aliphatic heterocycles. The van der Waals surface area contributed by atoms with E-state index in [0.717, 1.165) is 19.3 Å². The molecule has 0 radical (unpaired) electrons. The highest BCUT2D eigenvalue weighted by atomic mass is 16.3. The minimum Gasteiger partial charge on any atom is -0.389 e. The largest absolute Gasteiger partial charge is 0.389 e. The van der Waals surface area contributed by atoms with Gasteiger partial charge in [0.15, 0.2) is 0 Å². The number of allylic oxidation sites excluding steroid dienone is 1. The lowest BCUT2D eigenvalue weighted by atomic mass is 9.91. The first-order valence-electron chi connectivity index (χ1n) is 5.26. The predicted octanol–water partition coefficient (Wildman–Crippen LogP) is 2.87. The summed E-state index contributed by atoms with van der Waals surface area (Å²) in [5.41, 5.74) is 1.36. The van der Waals surface area contributed by atoms with Crippen LogP contribution in [0.2, 0.25) is 0 Å². The van der Waals surface area contributed by atoms with Gasteiger partial charge in [-0.05, 0) is 30.7 Å². The van der Waals surface area contributed by atoms with E-state index in [2.05, 4.69) is 30.3 Å². The molecule has 1 aromatic rings. The van der Waals surface area contributed by atoms with Crippen molar-refractivity contribution in [3.63, 3.8) is 0 Å². The van der Waals surface area contributed by atoms with Crippen molar-refractivity contribution < 1.29 is 5.11 Å². The van der Waals surface area contributed by atoms with Gasteiger partial charge < -0.3 is 5.11 Å². The Morgan fingerprint density at radius 2 is 1.93 bits per heavy atom. The van der Waals surface area contributed by atoms with E-state index in [1.165, 1.54) is 5.56 Å². The number of benzene rings is 1. The lowest BCUT2D eigenvalue weighted by Gasteiger charge is -2.16. The summed E-state index contributed by atoms with van der Waals surface area (Å²) in [5.74, 6) is 0.515. The minimum atomic E-state index is -0.261. The highest BCUT2D eigenvalue weighted by Crippen LogP contribution is 2.28. The molecule has 0 unspecified atom stereocenters. The Labute approximate surface area is 85.1 Å². The third-order valence-electron chi connectivity index (χ3n) is 2.84. The average molecular weight is 188 g/mol. The van der Waals surface area contributed by atoms with E-state index in [-0.39, 0.29) is 6.10 Å². The zero-order valence-corrected chi connectivity index (χ0v) is 8.26. The molecule has 74 valence electrons. The molecular formula is C13H16O. The number of aliphatic hydroxyl groups is 1.